The van der Waals surface area contributed by atoms with Gasteiger partial charge in [0.2, 0.25) is 0 Å². The van der Waals surface area contributed by atoms with E-state index in [1.54, 1.807) is 0 Å². The molecule has 1 aliphatic rings. The fourth-order valence-corrected chi connectivity index (χ4v) is 1.89. The van der Waals surface area contributed by atoms with E-state index in [-0.39, 0.29) is 0 Å². The summed E-state index contributed by atoms with van der Waals surface area (Å²) in [4.78, 5) is 0. The minimum atomic E-state index is 0.531. The van der Waals surface area contributed by atoms with Crippen molar-refractivity contribution in [1.82, 2.24) is 10.6 Å². The van der Waals surface area contributed by atoms with E-state index in [0.29, 0.717) is 11.3 Å². The van der Waals surface area contributed by atoms with Crippen LogP contribution in [0, 0.1) is 17.3 Å². The van der Waals surface area contributed by atoms with Gasteiger partial charge in [-0.2, -0.15) is 0 Å². The first kappa shape index (κ1) is 12.8. The van der Waals surface area contributed by atoms with Crippen molar-refractivity contribution in [3.05, 3.63) is 0 Å². The Morgan fingerprint density at radius 3 is 2.20 bits per heavy atom. The van der Waals surface area contributed by atoms with Crippen molar-refractivity contribution in [3.8, 4) is 0 Å². The fraction of sp³-hybridized carbons (Fsp3) is 0.917. The Balaban J connectivity index is 2.17. The lowest BCUT2D eigenvalue weighted by Crippen LogP contribution is -2.40. The van der Waals surface area contributed by atoms with E-state index in [1.807, 2.05) is 0 Å². The zero-order valence-electron chi connectivity index (χ0n) is 10.4. The predicted molar refractivity (Wildman–Crippen MR) is 69.9 cm³/mol. The van der Waals surface area contributed by atoms with Crippen LogP contribution in [0.1, 0.15) is 40.5 Å². The molecule has 1 rings (SSSR count). The molecule has 0 spiro atoms. The molecule has 0 saturated heterocycles. The van der Waals surface area contributed by atoms with Crippen LogP contribution in [0.15, 0.2) is 0 Å². The first-order chi connectivity index (χ1) is 6.96. The van der Waals surface area contributed by atoms with Gasteiger partial charge >= 0.3 is 0 Å². The molecule has 0 aromatic carbocycles. The fourth-order valence-electron chi connectivity index (χ4n) is 1.73. The maximum atomic E-state index is 5.23. The van der Waals surface area contributed by atoms with Crippen molar-refractivity contribution >= 4 is 17.3 Å². The van der Waals surface area contributed by atoms with Gasteiger partial charge in [0.1, 0.15) is 0 Å². The molecular weight excluding hydrogens is 204 g/mol. The third kappa shape index (κ3) is 3.98. The topological polar surface area (TPSA) is 24.1 Å². The molecule has 0 radical (unpaired) electrons. The van der Waals surface area contributed by atoms with E-state index in [0.717, 1.165) is 24.1 Å². The summed E-state index contributed by atoms with van der Waals surface area (Å²) in [5.41, 5.74) is 0.531. The molecule has 0 aromatic heterocycles. The van der Waals surface area contributed by atoms with E-state index in [9.17, 15) is 0 Å². The van der Waals surface area contributed by atoms with Gasteiger partial charge in [-0.05, 0) is 42.3 Å². The summed E-state index contributed by atoms with van der Waals surface area (Å²) in [5.74, 6) is 1.41. The number of thiocarbonyl (C=S) groups is 1. The summed E-state index contributed by atoms with van der Waals surface area (Å²) >= 11 is 5.23. The predicted octanol–water partition coefficient (Wildman–Crippen LogP) is 2.54. The molecule has 0 heterocycles. The van der Waals surface area contributed by atoms with E-state index in [2.05, 4.69) is 38.3 Å². The Morgan fingerprint density at radius 2 is 1.80 bits per heavy atom. The Labute approximate surface area is 99.2 Å². The molecule has 0 aromatic rings. The highest BCUT2D eigenvalue weighted by atomic mass is 32.1. The molecule has 1 saturated carbocycles. The van der Waals surface area contributed by atoms with E-state index in [4.69, 9.17) is 12.2 Å². The molecule has 1 aliphatic carbocycles. The van der Waals surface area contributed by atoms with Crippen LogP contribution < -0.4 is 10.6 Å². The van der Waals surface area contributed by atoms with Crippen LogP contribution in [0.5, 0.6) is 0 Å². The third-order valence-electron chi connectivity index (χ3n) is 3.39. The van der Waals surface area contributed by atoms with E-state index >= 15 is 0 Å². The highest BCUT2D eigenvalue weighted by Gasteiger charge is 2.44. The maximum Gasteiger partial charge on any atom is 0.166 e. The number of hydrogen-bond donors (Lipinski definition) is 2. The number of nitrogens with one attached hydrogen (secondary N) is 2. The number of hydrogen-bond acceptors (Lipinski definition) is 1. The molecule has 3 heteroatoms. The quantitative estimate of drug-likeness (QED) is 0.707. The zero-order valence-corrected chi connectivity index (χ0v) is 11.2. The van der Waals surface area contributed by atoms with Gasteiger partial charge in [-0.1, -0.05) is 27.7 Å². The van der Waals surface area contributed by atoms with Gasteiger partial charge in [0.15, 0.2) is 5.11 Å². The average molecular weight is 228 g/mol. The van der Waals surface area contributed by atoms with Crippen LogP contribution in [0.2, 0.25) is 0 Å². The van der Waals surface area contributed by atoms with Crippen molar-refractivity contribution in [3.63, 3.8) is 0 Å². The van der Waals surface area contributed by atoms with Crippen LogP contribution >= 0.6 is 12.2 Å². The largest absolute Gasteiger partial charge is 0.362 e. The Morgan fingerprint density at radius 1 is 1.20 bits per heavy atom. The third-order valence-corrected chi connectivity index (χ3v) is 3.68. The average Bonchev–Trinajstić information content (AvgIpc) is 2.92. The lowest BCUT2D eigenvalue weighted by molar-refractivity contribution is 0.356. The van der Waals surface area contributed by atoms with E-state index < -0.39 is 0 Å². The van der Waals surface area contributed by atoms with Crippen molar-refractivity contribution in [1.29, 1.82) is 0 Å². The minimum Gasteiger partial charge on any atom is -0.362 e. The molecule has 0 unspecified atom stereocenters. The van der Waals surface area contributed by atoms with Crippen molar-refractivity contribution in [2.24, 2.45) is 17.3 Å². The first-order valence-corrected chi connectivity index (χ1v) is 6.39. The zero-order chi connectivity index (χ0) is 11.5. The molecule has 0 amide bonds. The van der Waals surface area contributed by atoms with Crippen molar-refractivity contribution in [2.75, 3.05) is 13.1 Å². The molecule has 0 bridgehead atoms. The molecule has 0 atom stereocenters. The van der Waals surface area contributed by atoms with Gasteiger partial charge in [-0.3, -0.25) is 0 Å². The lowest BCUT2D eigenvalue weighted by Gasteiger charge is -2.21. The number of rotatable bonds is 5. The highest BCUT2D eigenvalue weighted by molar-refractivity contribution is 7.80. The van der Waals surface area contributed by atoms with Gasteiger partial charge in [-0.25, -0.2) is 0 Å². The van der Waals surface area contributed by atoms with E-state index in [1.165, 1.54) is 12.8 Å². The minimum absolute atomic E-state index is 0.531. The smallest absolute Gasteiger partial charge is 0.166 e. The molecule has 1 fully saturated rings. The van der Waals surface area contributed by atoms with Crippen LogP contribution in [0.25, 0.3) is 0 Å². The van der Waals surface area contributed by atoms with Crippen molar-refractivity contribution in [2.45, 2.75) is 40.5 Å². The van der Waals surface area contributed by atoms with Gasteiger partial charge in [0, 0.05) is 13.1 Å². The summed E-state index contributed by atoms with van der Waals surface area (Å²) in [6.45, 7) is 11.0. The SMILES string of the molecule is CC(C)CNC(=S)NCC1(C(C)C)CC1. The van der Waals surface area contributed by atoms with Gasteiger partial charge in [-0.15, -0.1) is 0 Å². The summed E-state index contributed by atoms with van der Waals surface area (Å²) in [7, 11) is 0. The first-order valence-electron chi connectivity index (χ1n) is 5.98. The van der Waals surface area contributed by atoms with Crippen LogP contribution in [-0.2, 0) is 0 Å². The highest BCUT2D eigenvalue weighted by Crippen LogP contribution is 2.51. The monoisotopic (exact) mass is 228 g/mol. The molecular formula is C12H24N2S. The van der Waals surface area contributed by atoms with Gasteiger partial charge < -0.3 is 10.6 Å². The second-order valence-corrected chi connectivity index (χ2v) is 5.88. The molecule has 0 aliphatic heterocycles. The lowest BCUT2D eigenvalue weighted by atomic mass is 9.92. The van der Waals surface area contributed by atoms with Crippen LogP contribution in [0.4, 0.5) is 0 Å². The van der Waals surface area contributed by atoms with Crippen LogP contribution in [-0.4, -0.2) is 18.2 Å². The Bertz CT molecular complexity index is 220. The van der Waals surface area contributed by atoms with Gasteiger partial charge in [0.05, 0.1) is 0 Å². The second-order valence-electron chi connectivity index (χ2n) is 5.47. The summed E-state index contributed by atoms with van der Waals surface area (Å²) in [5, 5.41) is 7.40. The Hall–Kier alpha value is -0.310. The second kappa shape index (κ2) is 5.15. The van der Waals surface area contributed by atoms with Crippen molar-refractivity contribution < 1.29 is 0 Å². The maximum absolute atomic E-state index is 5.23. The summed E-state index contributed by atoms with van der Waals surface area (Å²) in [6, 6.07) is 0. The molecule has 88 valence electrons. The molecule has 2 N–H and O–H groups in total. The molecule has 15 heavy (non-hydrogen) atoms. The Kier molecular flexibility index (Phi) is 4.38. The summed E-state index contributed by atoms with van der Waals surface area (Å²) in [6.07, 6.45) is 2.70. The van der Waals surface area contributed by atoms with Crippen LogP contribution in [0.3, 0.4) is 0 Å². The summed E-state index contributed by atoms with van der Waals surface area (Å²) < 4.78 is 0. The standard InChI is InChI=1S/C12H24N2S/c1-9(2)7-13-11(15)14-8-12(5-6-12)10(3)4/h9-10H,5-8H2,1-4H3,(H2,13,14,15). The van der Waals surface area contributed by atoms with Gasteiger partial charge in [0.25, 0.3) is 0 Å². The normalized spacial score (nSPS) is 18.0. The molecule has 2 nitrogen and oxygen atoms in total.